The maximum Gasteiger partial charge on any atom is 0.296 e. The van der Waals surface area contributed by atoms with E-state index in [1.54, 1.807) is 0 Å². The highest BCUT2D eigenvalue weighted by atomic mass is 16.1. The quantitative estimate of drug-likeness (QED) is 0.526. The van der Waals surface area contributed by atoms with Gasteiger partial charge < -0.3 is 10.2 Å². The monoisotopic (exact) mass is 394 g/mol. The van der Waals surface area contributed by atoms with Crippen molar-refractivity contribution in [1.82, 2.24) is 10.2 Å². The van der Waals surface area contributed by atoms with Crippen LogP contribution in [-0.2, 0) is 4.79 Å². The Kier molecular flexibility index (Phi) is 17.2. The van der Waals surface area contributed by atoms with E-state index in [4.69, 9.17) is 6.42 Å². The Labute approximate surface area is 185 Å². The summed E-state index contributed by atoms with van der Waals surface area (Å²) in [7, 11) is 3.94. The first kappa shape index (κ1) is 25.6. The minimum Gasteiger partial charge on any atom is -0.345 e. The second-order valence-electron chi connectivity index (χ2n) is 5.06. The average Bonchev–Trinajstić information content (AvgIpc) is 2.75. The van der Waals surface area contributed by atoms with Gasteiger partial charge in [-0.3, -0.25) is 4.79 Å². The van der Waals surface area contributed by atoms with Crippen LogP contribution >= 0.6 is 0 Å². The lowest BCUT2D eigenvalue weighted by molar-refractivity contribution is -0.115. The minimum absolute atomic E-state index is 0.367. The maximum absolute atomic E-state index is 11.4. The van der Waals surface area contributed by atoms with Crippen LogP contribution in [0.25, 0.3) is 0 Å². The molecule has 1 N–H and O–H groups in total. The van der Waals surface area contributed by atoms with Crippen LogP contribution in [0.4, 0.5) is 0 Å². The molecule has 0 radical (unpaired) electrons. The van der Waals surface area contributed by atoms with Crippen molar-refractivity contribution in [2.75, 3.05) is 27.2 Å². The minimum atomic E-state index is -0.367. The molecule has 3 nitrogen and oxygen atoms in total. The van der Waals surface area contributed by atoms with Crippen molar-refractivity contribution >= 4 is 5.91 Å². The van der Waals surface area contributed by atoms with Gasteiger partial charge in [-0.2, -0.15) is 0 Å². The fraction of sp³-hybridized carbons (Fsp3) is 0.179. The molecule has 0 saturated heterocycles. The van der Waals surface area contributed by atoms with Crippen molar-refractivity contribution in [3.63, 3.8) is 0 Å². The molecule has 3 heteroatoms. The Bertz CT molecular complexity index is 1330. The summed E-state index contributed by atoms with van der Waals surface area (Å²) in [6, 6.07) is 0. The van der Waals surface area contributed by atoms with Crippen molar-refractivity contribution in [3.8, 4) is 131 Å². The van der Waals surface area contributed by atoms with Crippen LogP contribution in [-0.4, -0.2) is 38.0 Å². The van der Waals surface area contributed by atoms with Gasteiger partial charge in [-0.25, -0.2) is 0 Å². The molecule has 0 atom stereocenters. The fourth-order valence-electron chi connectivity index (χ4n) is 1.30. The van der Waals surface area contributed by atoms with E-state index in [0.29, 0.717) is 6.54 Å². The Morgan fingerprint density at radius 2 is 1.00 bits per heavy atom. The van der Waals surface area contributed by atoms with Gasteiger partial charge in [-0.05, 0) is 122 Å². The molecule has 0 aliphatic heterocycles. The van der Waals surface area contributed by atoms with E-state index < -0.39 is 0 Å². The van der Waals surface area contributed by atoms with Gasteiger partial charge in [-0.15, -0.1) is 6.42 Å². The normalized spacial score (nSPS) is 5.87. The Hall–Kier alpha value is -5.41. The smallest absolute Gasteiger partial charge is 0.296 e. The van der Waals surface area contributed by atoms with Gasteiger partial charge in [0.25, 0.3) is 5.91 Å². The third-order valence-corrected chi connectivity index (χ3v) is 2.44. The summed E-state index contributed by atoms with van der Waals surface area (Å²) >= 11 is 0. The van der Waals surface area contributed by atoms with Crippen LogP contribution < -0.4 is 5.32 Å². The first-order valence-electron chi connectivity index (χ1n) is 8.56. The number of terminal acetylenes is 1. The van der Waals surface area contributed by atoms with E-state index in [9.17, 15) is 4.79 Å². The van der Waals surface area contributed by atoms with E-state index in [1.807, 2.05) is 19.0 Å². The molecule has 0 aromatic heterocycles. The Morgan fingerprint density at radius 3 is 1.35 bits per heavy atom. The zero-order chi connectivity index (χ0) is 22.8. The number of hydrogen-bond donors (Lipinski definition) is 1. The van der Waals surface area contributed by atoms with Gasteiger partial charge in [0.2, 0.25) is 0 Å². The fourth-order valence-corrected chi connectivity index (χ4v) is 1.30. The largest absolute Gasteiger partial charge is 0.345 e. The molecule has 0 aliphatic rings. The summed E-state index contributed by atoms with van der Waals surface area (Å²) in [4.78, 5) is 13.4. The lowest BCUT2D eigenvalue weighted by atomic mass is 10.4. The van der Waals surface area contributed by atoms with Crippen LogP contribution in [0.1, 0.15) is 6.42 Å². The lowest BCUT2D eigenvalue weighted by Crippen LogP contribution is -2.25. The number of hydrogen-bond acceptors (Lipinski definition) is 2. The number of nitrogens with one attached hydrogen (secondary N) is 1. The molecule has 0 aliphatic carbocycles. The molecule has 0 aromatic carbocycles. The third kappa shape index (κ3) is 22.5. The van der Waals surface area contributed by atoms with Crippen molar-refractivity contribution < 1.29 is 4.79 Å². The number of amides is 1. The molecule has 142 valence electrons. The number of carbonyl (C=O) groups excluding carboxylic acids is 1. The summed E-state index contributed by atoms with van der Waals surface area (Å²) in [6.45, 7) is 1.46. The number of carbonyl (C=O) groups is 1. The lowest BCUT2D eigenvalue weighted by Gasteiger charge is -2.08. The van der Waals surface area contributed by atoms with Crippen molar-refractivity contribution in [3.05, 3.63) is 0 Å². The number of rotatable bonds is 4. The topological polar surface area (TPSA) is 32.3 Å². The molecule has 0 saturated carbocycles. The predicted molar refractivity (Wildman–Crippen MR) is 123 cm³/mol. The van der Waals surface area contributed by atoms with E-state index in [-0.39, 0.29) is 5.91 Å². The van der Waals surface area contributed by atoms with Crippen LogP contribution in [0.3, 0.4) is 0 Å². The van der Waals surface area contributed by atoms with Crippen molar-refractivity contribution in [2.45, 2.75) is 6.42 Å². The highest BCUT2D eigenvalue weighted by molar-refractivity contribution is 5.94. The standard InChI is InChI=1S/C28H14N2O/c1-4-5-6-7-8-9-10-11-12-13-14-15-16-17-18-19-20-21-22-23-25-28(31)29-26-24-27-30(2)3/h1H,24,26-27H2,2-3H3,(H,29,31). The zero-order valence-electron chi connectivity index (χ0n) is 17.1. The molecule has 0 heterocycles. The zero-order valence-corrected chi connectivity index (χ0v) is 17.1. The van der Waals surface area contributed by atoms with E-state index in [1.165, 1.54) is 0 Å². The van der Waals surface area contributed by atoms with Crippen molar-refractivity contribution in [2.24, 2.45) is 0 Å². The molecule has 0 rings (SSSR count). The molecular weight excluding hydrogens is 380 g/mol. The van der Waals surface area contributed by atoms with Gasteiger partial charge in [0, 0.05) is 36.1 Å². The SMILES string of the molecule is C#CC#CC#CC#CC#CC#CC#CC#CC#CC#CC#CC(=O)NCCCN(C)C. The summed E-state index contributed by atoms with van der Waals surface area (Å²) in [5.74, 6) is 50.9. The molecular formula is C28H14N2O. The molecule has 31 heavy (non-hydrogen) atoms. The summed E-state index contributed by atoms with van der Waals surface area (Å²) in [6.07, 6.45) is 5.78. The third-order valence-electron chi connectivity index (χ3n) is 2.44. The molecule has 1 amide bonds. The Balaban J connectivity index is 4.32. The highest BCUT2D eigenvalue weighted by Crippen LogP contribution is 1.80. The van der Waals surface area contributed by atoms with Gasteiger partial charge in [0.1, 0.15) is 0 Å². The van der Waals surface area contributed by atoms with Crippen LogP contribution in [0.15, 0.2) is 0 Å². The average molecular weight is 394 g/mol. The van der Waals surface area contributed by atoms with Gasteiger partial charge >= 0.3 is 0 Å². The van der Waals surface area contributed by atoms with E-state index in [2.05, 4.69) is 130 Å². The molecule has 0 fully saturated rings. The molecule has 0 bridgehead atoms. The molecule has 0 spiro atoms. The van der Waals surface area contributed by atoms with Crippen molar-refractivity contribution in [1.29, 1.82) is 0 Å². The summed E-state index contributed by atoms with van der Waals surface area (Å²) in [5.41, 5.74) is 0. The van der Waals surface area contributed by atoms with Crippen LogP contribution in [0.2, 0.25) is 0 Å². The highest BCUT2D eigenvalue weighted by Gasteiger charge is 1.94. The van der Waals surface area contributed by atoms with E-state index >= 15 is 0 Å². The van der Waals surface area contributed by atoms with Crippen LogP contribution in [0, 0.1) is 131 Å². The predicted octanol–water partition coefficient (Wildman–Crippen LogP) is -0.278. The van der Waals surface area contributed by atoms with Gasteiger partial charge in [0.05, 0.1) is 0 Å². The Morgan fingerprint density at radius 1 is 0.645 bits per heavy atom. The second-order valence-corrected chi connectivity index (χ2v) is 5.06. The summed E-state index contributed by atoms with van der Waals surface area (Å²) < 4.78 is 0. The number of nitrogens with zero attached hydrogens (tertiary/aromatic N) is 1. The first-order chi connectivity index (χ1) is 15.2. The van der Waals surface area contributed by atoms with Gasteiger partial charge in [0.15, 0.2) is 0 Å². The molecule has 0 aromatic rings. The molecule has 0 unspecified atom stereocenters. The maximum atomic E-state index is 11.4. The second kappa shape index (κ2) is 20.9. The van der Waals surface area contributed by atoms with Gasteiger partial charge in [-0.1, -0.05) is 0 Å². The van der Waals surface area contributed by atoms with Crippen LogP contribution in [0.5, 0.6) is 0 Å². The summed E-state index contributed by atoms with van der Waals surface area (Å²) in [5, 5.41) is 2.68. The van der Waals surface area contributed by atoms with E-state index in [0.717, 1.165) is 13.0 Å². The first-order valence-corrected chi connectivity index (χ1v) is 8.56.